The molecule has 5 nitrogen and oxygen atoms in total. The molecule has 1 N–H and O–H groups in total. The summed E-state index contributed by atoms with van der Waals surface area (Å²) in [7, 11) is 0. The SMILES string of the molecule is CCC(C)OCCOc1ccnc(CSc2nc3cc(C(F)(F)F)ccc3[nH]2)c1C. The van der Waals surface area contributed by atoms with Crippen molar-refractivity contribution in [1.29, 1.82) is 0 Å². The maximum atomic E-state index is 12.9. The predicted molar refractivity (Wildman–Crippen MR) is 111 cm³/mol. The van der Waals surface area contributed by atoms with Crippen molar-refractivity contribution in [3.05, 3.63) is 47.3 Å². The van der Waals surface area contributed by atoms with Gasteiger partial charge in [-0.15, -0.1) is 0 Å². The van der Waals surface area contributed by atoms with Crippen LogP contribution in [0, 0.1) is 6.92 Å². The summed E-state index contributed by atoms with van der Waals surface area (Å²) in [5.74, 6) is 1.26. The highest BCUT2D eigenvalue weighted by Gasteiger charge is 2.30. The van der Waals surface area contributed by atoms with Crippen molar-refractivity contribution in [2.75, 3.05) is 13.2 Å². The molecule has 9 heteroatoms. The Labute approximate surface area is 177 Å². The largest absolute Gasteiger partial charge is 0.491 e. The van der Waals surface area contributed by atoms with Gasteiger partial charge in [0.2, 0.25) is 0 Å². The number of hydrogen-bond donors (Lipinski definition) is 1. The number of rotatable bonds is 9. The first-order chi connectivity index (χ1) is 14.3. The normalized spacial score (nSPS) is 13.0. The Morgan fingerprint density at radius 3 is 2.73 bits per heavy atom. The second-order valence-electron chi connectivity index (χ2n) is 6.88. The predicted octanol–water partition coefficient (Wildman–Crippen LogP) is 5.77. The number of imidazole rings is 1. The molecule has 0 saturated carbocycles. The number of alkyl halides is 3. The number of hydrogen-bond acceptors (Lipinski definition) is 5. The van der Waals surface area contributed by atoms with Gasteiger partial charge in [0.25, 0.3) is 0 Å². The maximum absolute atomic E-state index is 12.9. The Hall–Kier alpha value is -2.26. The number of halogens is 3. The van der Waals surface area contributed by atoms with E-state index in [-0.39, 0.29) is 11.6 Å². The van der Waals surface area contributed by atoms with Gasteiger partial charge in [-0.25, -0.2) is 4.98 Å². The molecule has 2 aromatic heterocycles. The van der Waals surface area contributed by atoms with Crippen molar-refractivity contribution in [3.63, 3.8) is 0 Å². The second kappa shape index (κ2) is 9.70. The minimum Gasteiger partial charge on any atom is -0.491 e. The third kappa shape index (κ3) is 5.66. The molecule has 0 aliphatic carbocycles. The highest BCUT2D eigenvalue weighted by atomic mass is 32.2. The number of aromatic amines is 1. The van der Waals surface area contributed by atoms with Crippen LogP contribution in [0.1, 0.15) is 37.1 Å². The highest BCUT2D eigenvalue weighted by molar-refractivity contribution is 7.98. The van der Waals surface area contributed by atoms with E-state index in [1.165, 1.54) is 17.8 Å². The Morgan fingerprint density at radius 1 is 1.20 bits per heavy atom. The van der Waals surface area contributed by atoms with Crippen molar-refractivity contribution in [2.24, 2.45) is 0 Å². The van der Waals surface area contributed by atoms with E-state index in [1.807, 2.05) is 19.9 Å². The number of aromatic nitrogens is 3. The van der Waals surface area contributed by atoms with E-state index in [1.54, 1.807) is 6.20 Å². The molecule has 0 fully saturated rings. The third-order valence-electron chi connectivity index (χ3n) is 4.71. The monoisotopic (exact) mass is 439 g/mol. The number of thioether (sulfide) groups is 1. The molecule has 0 saturated heterocycles. The fourth-order valence-corrected chi connectivity index (χ4v) is 3.65. The summed E-state index contributed by atoms with van der Waals surface area (Å²) in [6.07, 6.45) is -1.55. The first-order valence-electron chi connectivity index (χ1n) is 9.66. The van der Waals surface area contributed by atoms with Crippen LogP contribution < -0.4 is 4.74 Å². The molecule has 1 unspecified atom stereocenters. The molecule has 0 bridgehead atoms. The molecule has 0 radical (unpaired) electrons. The Balaban J connectivity index is 1.63. The molecular weight excluding hydrogens is 415 g/mol. The molecule has 3 rings (SSSR count). The molecule has 0 spiro atoms. The quantitative estimate of drug-likeness (QED) is 0.339. The minimum atomic E-state index is -4.39. The fraction of sp³-hybridized carbons (Fsp3) is 0.429. The summed E-state index contributed by atoms with van der Waals surface area (Å²) in [4.78, 5) is 11.7. The van der Waals surface area contributed by atoms with Gasteiger partial charge in [-0.1, -0.05) is 18.7 Å². The summed E-state index contributed by atoms with van der Waals surface area (Å²) in [5, 5.41) is 0.541. The van der Waals surface area contributed by atoms with Gasteiger partial charge in [0.05, 0.1) is 35.0 Å². The van der Waals surface area contributed by atoms with Gasteiger partial charge in [0, 0.05) is 17.5 Å². The van der Waals surface area contributed by atoms with Crippen LogP contribution in [0.15, 0.2) is 35.6 Å². The number of fused-ring (bicyclic) bond motifs is 1. The first-order valence-corrected chi connectivity index (χ1v) is 10.6. The summed E-state index contributed by atoms with van der Waals surface area (Å²) in [6, 6.07) is 5.31. The first kappa shape index (κ1) is 22.4. The molecule has 1 atom stereocenters. The maximum Gasteiger partial charge on any atom is 0.416 e. The van der Waals surface area contributed by atoms with Crippen molar-refractivity contribution < 1.29 is 22.6 Å². The molecule has 2 heterocycles. The van der Waals surface area contributed by atoms with Crippen LogP contribution in [-0.2, 0) is 16.7 Å². The number of nitrogens with one attached hydrogen (secondary N) is 1. The van der Waals surface area contributed by atoms with Gasteiger partial charge in [0.1, 0.15) is 12.4 Å². The summed E-state index contributed by atoms with van der Waals surface area (Å²) in [6.45, 7) is 6.99. The lowest BCUT2D eigenvalue weighted by molar-refractivity contribution is -0.137. The zero-order valence-electron chi connectivity index (χ0n) is 17.0. The van der Waals surface area contributed by atoms with E-state index >= 15 is 0 Å². The molecule has 0 amide bonds. The second-order valence-corrected chi connectivity index (χ2v) is 7.84. The van der Waals surface area contributed by atoms with Crippen LogP contribution in [0.5, 0.6) is 5.75 Å². The van der Waals surface area contributed by atoms with E-state index in [2.05, 4.69) is 21.9 Å². The van der Waals surface area contributed by atoms with E-state index in [9.17, 15) is 13.2 Å². The molecule has 162 valence electrons. The average molecular weight is 440 g/mol. The van der Waals surface area contributed by atoms with Gasteiger partial charge >= 0.3 is 6.18 Å². The lowest BCUT2D eigenvalue weighted by Crippen LogP contribution is -2.13. The number of ether oxygens (including phenoxy) is 2. The van der Waals surface area contributed by atoms with Gasteiger partial charge in [0.15, 0.2) is 5.16 Å². The van der Waals surface area contributed by atoms with E-state index in [0.29, 0.717) is 29.6 Å². The zero-order valence-corrected chi connectivity index (χ0v) is 17.9. The minimum absolute atomic E-state index is 0.204. The highest BCUT2D eigenvalue weighted by Crippen LogP contribution is 2.32. The Kier molecular flexibility index (Phi) is 7.25. The van der Waals surface area contributed by atoms with Gasteiger partial charge in [-0.2, -0.15) is 13.2 Å². The number of H-pyrrole nitrogens is 1. The number of pyridine rings is 1. The van der Waals surface area contributed by atoms with Crippen molar-refractivity contribution in [1.82, 2.24) is 15.0 Å². The van der Waals surface area contributed by atoms with Crippen LogP contribution >= 0.6 is 11.8 Å². The van der Waals surface area contributed by atoms with Gasteiger partial charge in [-0.05, 0) is 44.5 Å². The van der Waals surface area contributed by atoms with Gasteiger partial charge in [-0.3, -0.25) is 4.98 Å². The molecule has 30 heavy (non-hydrogen) atoms. The van der Waals surface area contributed by atoms with Crippen LogP contribution in [-0.4, -0.2) is 34.3 Å². The van der Waals surface area contributed by atoms with Crippen molar-refractivity contribution >= 4 is 22.8 Å². The molecule has 0 aliphatic rings. The smallest absolute Gasteiger partial charge is 0.416 e. The van der Waals surface area contributed by atoms with Crippen LogP contribution in [0.2, 0.25) is 0 Å². The average Bonchev–Trinajstić information content (AvgIpc) is 3.12. The fourth-order valence-electron chi connectivity index (χ4n) is 2.74. The Morgan fingerprint density at radius 2 is 2.00 bits per heavy atom. The van der Waals surface area contributed by atoms with Gasteiger partial charge < -0.3 is 14.5 Å². The topological polar surface area (TPSA) is 60.0 Å². The van der Waals surface area contributed by atoms with Crippen LogP contribution in [0.3, 0.4) is 0 Å². The number of benzene rings is 1. The lowest BCUT2D eigenvalue weighted by atomic mass is 10.2. The van der Waals surface area contributed by atoms with E-state index in [4.69, 9.17) is 9.47 Å². The lowest BCUT2D eigenvalue weighted by Gasteiger charge is -2.13. The summed E-state index contributed by atoms with van der Waals surface area (Å²) < 4.78 is 50.0. The third-order valence-corrected chi connectivity index (χ3v) is 5.60. The van der Waals surface area contributed by atoms with E-state index in [0.717, 1.165) is 35.6 Å². The molecule has 3 aromatic rings. The zero-order chi connectivity index (χ0) is 21.7. The van der Waals surface area contributed by atoms with Crippen molar-refractivity contribution in [2.45, 2.75) is 50.4 Å². The molecule has 0 aliphatic heterocycles. The Bertz CT molecular complexity index is 991. The standard InChI is InChI=1S/C21H24F3N3O2S/c1-4-13(2)28-9-10-29-19-7-8-25-18(14(19)3)12-30-20-26-16-6-5-15(21(22,23)24)11-17(16)27-20/h5-8,11,13H,4,9-10,12H2,1-3H3,(H,26,27). The number of nitrogens with zero attached hydrogens (tertiary/aromatic N) is 2. The molecule has 1 aromatic carbocycles. The van der Waals surface area contributed by atoms with Crippen molar-refractivity contribution in [3.8, 4) is 5.75 Å². The van der Waals surface area contributed by atoms with Crippen LogP contribution in [0.4, 0.5) is 13.2 Å². The summed E-state index contributed by atoms with van der Waals surface area (Å²) >= 11 is 1.38. The van der Waals surface area contributed by atoms with Crippen LogP contribution in [0.25, 0.3) is 11.0 Å². The van der Waals surface area contributed by atoms with E-state index < -0.39 is 11.7 Å². The molecular formula is C21H24F3N3O2S. The summed E-state index contributed by atoms with van der Waals surface area (Å²) in [5.41, 5.74) is 1.89.